The molecule has 6 heteroatoms. The van der Waals surface area contributed by atoms with Gasteiger partial charge in [0.2, 0.25) is 0 Å². The second-order valence-corrected chi connectivity index (χ2v) is 7.83. The van der Waals surface area contributed by atoms with E-state index in [0.29, 0.717) is 25.6 Å². The van der Waals surface area contributed by atoms with Gasteiger partial charge in [-0.05, 0) is 29.5 Å². The molecule has 1 unspecified atom stereocenters. The minimum atomic E-state index is -0.665. The minimum absolute atomic E-state index is 0. The van der Waals surface area contributed by atoms with Crippen LogP contribution in [0.5, 0.6) is 0 Å². The summed E-state index contributed by atoms with van der Waals surface area (Å²) >= 11 is 0. The van der Waals surface area contributed by atoms with Crippen LogP contribution in [0.4, 0.5) is 4.79 Å². The number of hydrogen-bond donors (Lipinski definition) is 1. The molecule has 1 N–H and O–H groups in total. The summed E-state index contributed by atoms with van der Waals surface area (Å²) in [6.07, 6.45) is 0.967. The summed E-state index contributed by atoms with van der Waals surface area (Å²) < 4.78 is 5.39. The lowest BCUT2D eigenvalue weighted by Crippen LogP contribution is -2.39. The number of nitrogens with zero attached hydrogens (tertiary/aromatic N) is 2. The first-order valence-electron chi connectivity index (χ1n) is 10.1. The molecule has 2 aromatic carbocycles. The third-order valence-electron chi connectivity index (χ3n) is 5.80. The van der Waals surface area contributed by atoms with E-state index < -0.39 is 6.10 Å². The van der Waals surface area contributed by atoms with Gasteiger partial charge in [-0.25, -0.2) is 4.79 Å². The van der Waals surface area contributed by atoms with Crippen molar-refractivity contribution in [3.8, 4) is 0 Å². The van der Waals surface area contributed by atoms with Gasteiger partial charge >= 0.3 is 6.09 Å². The number of benzene rings is 2. The van der Waals surface area contributed by atoms with Gasteiger partial charge < -0.3 is 14.7 Å². The van der Waals surface area contributed by atoms with E-state index in [1.165, 1.54) is 16.7 Å². The molecule has 2 aromatic rings. The van der Waals surface area contributed by atoms with Crippen LogP contribution in [0.2, 0.25) is 0 Å². The standard InChI is InChI=1S/C23H28N2O3.H2S/c26-22(16-24-12-10-19-8-4-5-9-20(19)14-24)17-28-23(27)25-13-11-21(15-25)18-6-2-1-3-7-18;/h1-9,21-22,26H,10-17H2;1H2/t21?,22-;/m0./s1. The quantitative estimate of drug-likeness (QED) is 0.817. The largest absolute Gasteiger partial charge is 0.447 e. The Morgan fingerprint density at radius 2 is 1.79 bits per heavy atom. The zero-order valence-corrected chi connectivity index (χ0v) is 17.7. The molecule has 0 aromatic heterocycles. The van der Waals surface area contributed by atoms with Gasteiger partial charge in [0.1, 0.15) is 12.7 Å². The van der Waals surface area contributed by atoms with Crippen LogP contribution in [0.15, 0.2) is 54.6 Å². The molecule has 1 fully saturated rings. The normalized spacial score (nSPS) is 19.9. The molecule has 4 rings (SSSR count). The predicted molar refractivity (Wildman–Crippen MR) is 119 cm³/mol. The number of β-amino-alcohol motifs (C(OH)–C–C–N with tert-alkyl or cyclic N) is 1. The van der Waals surface area contributed by atoms with Gasteiger partial charge in [0, 0.05) is 38.6 Å². The molecule has 2 heterocycles. The Kier molecular flexibility index (Phi) is 7.58. The van der Waals surface area contributed by atoms with Crippen LogP contribution < -0.4 is 0 Å². The summed E-state index contributed by atoms with van der Waals surface area (Å²) in [5.41, 5.74) is 3.98. The van der Waals surface area contributed by atoms with Crippen LogP contribution in [-0.2, 0) is 17.7 Å². The van der Waals surface area contributed by atoms with Crippen LogP contribution in [0, 0.1) is 0 Å². The van der Waals surface area contributed by atoms with Gasteiger partial charge in [-0.15, -0.1) is 0 Å². The highest BCUT2D eigenvalue weighted by molar-refractivity contribution is 7.59. The maximum atomic E-state index is 12.4. The van der Waals surface area contributed by atoms with E-state index in [2.05, 4.69) is 41.3 Å². The van der Waals surface area contributed by atoms with Gasteiger partial charge in [0.25, 0.3) is 0 Å². The number of carbonyl (C=O) groups excluding carboxylic acids is 1. The Hall–Kier alpha value is -2.02. The number of likely N-dealkylation sites (tertiary alicyclic amines) is 1. The van der Waals surface area contributed by atoms with Crippen molar-refractivity contribution < 1.29 is 14.6 Å². The Labute approximate surface area is 179 Å². The second-order valence-electron chi connectivity index (χ2n) is 7.83. The SMILES string of the molecule is O=C(OC[C@@H](O)CN1CCc2ccccc2C1)N1CCC(c2ccccc2)C1.S. The van der Waals surface area contributed by atoms with Gasteiger partial charge in [-0.1, -0.05) is 54.6 Å². The molecule has 0 spiro atoms. The molecule has 0 bridgehead atoms. The first-order valence-corrected chi connectivity index (χ1v) is 10.1. The number of hydrogen-bond acceptors (Lipinski definition) is 4. The average molecular weight is 415 g/mol. The van der Waals surface area contributed by atoms with E-state index in [-0.39, 0.29) is 26.2 Å². The summed E-state index contributed by atoms with van der Waals surface area (Å²) in [4.78, 5) is 16.3. The predicted octanol–water partition coefficient (Wildman–Crippen LogP) is 3.14. The highest BCUT2D eigenvalue weighted by Gasteiger charge is 2.28. The molecule has 156 valence electrons. The monoisotopic (exact) mass is 414 g/mol. The van der Waals surface area contributed by atoms with E-state index in [0.717, 1.165) is 25.9 Å². The van der Waals surface area contributed by atoms with Crippen LogP contribution in [0.1, 0.15) is 29.0 Å². The fourth-order valence-electron chi connectivity index (χ4n) is 4.24. The molecular formula is C23H30N2O3S. The van der Waals surface area contributed by atoms with Crippen LogP contribution >= 0.6 is 13.5 Å². The number of carbonyl (C=O) groups is 1. The highest BCUT2D eigenvalue weighted by Crippen LogP contribution is 2.27. The Morgan fingerprint density at radius 1 is 1.07 bits per heavy atom. The zero-order chi connectivity index (χ0) is 19.3. The van der Waals surface area contributed by atoms with Crippen LogP contribution in [-0.4, -0.2) is 59.9 Å². The summed E-state index contributed by atoms with van der Waals surface area (Å²) in [6, 6.07) is 18.7. The van der Waals surface area contributed by atoms with Gasteiger partial charge in [0.05, 0.1) is 0 Å². The number of rotatable bonds is 5. The van der Waals surface area contributed by atoms with Crippen molar-refractivity contribution in [3.05, 3.63) is 71.3 Å². The molecule has 2 aliphatic rings. The third kappa shape index (κ3) is 5.53. The molecule has 1 saturated heterocycles. The van der Waals surface area contributed by atoms with Crippen molar-refractivity contribution in [1.29, 1.82) is 0 Å². The Bertz CT molecular complexity index is 802. The molecular weight excluding hydrogens is 384 g/mol. The number of amides is 1. The summed E-state index contributed by atoms with van der Waals surface area (Å²) in [5.74, 6) is 0.368. The number of aliphatic hydroxyl groups is 1. The molecule has 29 heavy (non-hydrogen) atoms. The molecule has 0 aliphatic carbocycles. The van der Waals surface area contributed by atoms with Crippen LogP contribution in [0.3, 0.4) is 0 Å². The van der Waals surface area contributed by atoms with E-state index in [1.54, 1.807) is 4.90 Å². The maximum Gasteiger partial charge on any atom is 0.409 e. The van der Waals surface area contributed by atoms with E-state index in [9.17, 15) is 9.90 Å². The highest BCUT2D eigenvalue weighted by atomic mass is 32.1. The smallest absolute Gasteiger partial charge is 0.409 e. The molecule has 5 nitrogen and oxygen atoms in total. The Morgan fingerprint density at radius 3 is 2.59 bits per heavy atom. The fourth-order valence-corrected chi connectivity index (χ4v) is 4.24. The topological polar surface area (TPSA) is 53.0 Å². The summed E-state index contributed by atoms with van der Waals surface area (Å²) in [6.45, 7) is 3.72. The van der Waals surface area contributed by atoms with Crippen molar-refractivity contribution >= 4 is 19.6 Å². The molecule has 1 amide bonds. The molecule has 0 saturated carbocycles. The van der Waals surface area contributed by atoms with Gasteiger partial charge in [0.15, 0.2) is 0 Å². The summed E-state index contributed by atoms with van der Waals surface area (Å²) in [7, 11) is 0. The van der Waals surface area contributed by atoms with E-state index >= 15 is 0 Å². The molecule has 2 atom stereocenters. The average Bonchev–Trinajstić information content (AvgIpc) is 3.23. The van der Waals surface area contributed by atoms with Gasteiger partial charge in [-0.3, -0.25) is 4.90 Å². The lowest BCUT2D eigenvalue weighted by Gasteiger charge is -2.30. The zero-order valence-electron chi connectivity index (χ0n) is 16.7. The number of ether oxygens (including phenoxy) is 1. The molecule has 0 radical (unpaired) electrons. The van der Waals surface area contributed by atoms with E-state index in [1.807, 2.05) is 18.2 Å². The van der Waals surface area contributed by atoms with Crippen LogP contribution in [0.25, 0.3) is 0 Å². The lowest BCUT2D eigenvalue weighted by molar-refractivity contribution is 0.0295. The van der Waals surface area contributed by atoms with Crippen molar-refractivity contribution in [2.45, 2.75) is 31.4 Å². The van der Waals surface area contributed by atoms with Crippen molar-refractivity contribution in [3.63, 3.8) is 0 Å². The van der Waals surface area contributed by atoms with Crippen molar-refractivity contribution in [1.82, 2.24) is 9.80 Å². The Balaban J connectivity index is 0.00000240. The minimum Gasteiger partial charge on any atom is -0.447 e. The first-order chi connectivity index (χ1) is 13.7. The second kappa shape index (κ2) is 10.1. The number of fused-ring (bicyclic) bond motifs is 1. The summed E-state index contributed by atoms with van der Waals surface area (Å²) in [5, 5.41) is 10.3. The third-order valence-corrected chi connectivity index (χ3v) is 5.80. The fraction of sp³-hybridized carbons (Fsp3) is 0.435. The van der Waals surface area contributed by atoms with Crippen molar-refractivity contribution in [2.75, 3.05) is 32.8 Å². The van der Waals surface area contributed by atoms with Gasteiger partial charge in [-0.2, -0.15) is 13.5 Å². The maximum absolute atomic E-state index is 12.4. The van der Waals surface area contributed by atoms with Crippen molar-refractivity contribution in [2.24, 2.45) is 0 Å². The van der Waals surface area contributed by atoms with E-state index in [4.69, 9.17) is 4.74 Å². The lowest BCUT2D eigenvalue weighted by atomic mass is 9.99. The molecule has 2 aliphatic heterocycles. The first kappa shape index (κ1) is 21.7. The number of aliphatic hydroxyl groups excluding tert-OH is 1.